The van der Waals surface area contributed by atoms with Gasteiger partial charge in [-0.2, -0.15) is 0 Å². The average Bonchev–Trinajstić information content (AvgIpc) is 3.07. The lowest BCUT2D eigenvalue weighted by atomic mass is 10.0. The number of methoxy groups -OCH3 is 1. The maximum atomic E-state index is 5.73. The summed E-state index contributed by atoms with van der Waals surface area (Å²) in [6, 6.07) is 1.77. The maximum absolute atomic E-state index is 5.73. The van der Waals surface area contributed by atoms with Gasteiger partial charge in [0.15, 0.2) is 5.82 Å². The van der Waals surface area contributed by atoms with Crippen LogP contribution < -0.4 is 11.1 Å². The van der Waals surface area contributed by atoms with Crippen molar-refractivity contribution in [3.8, 4) is 0 Å². The molecule has 0 aliphatic heterocycles. The second kappa shape index (κ2) is 4.87. The van der Waals surface area contributed by atoms with Crippen LogP contribution in [-0.2, 0) is 11.3 Å². The van der Waals surface area contributed by atoms with Gasteiger partial charge in [0.1, 0.15) is 18.2 Å². The molecule has 0 unspecified atom stereocenters. The Labute approximate surface area is 102 Å². The smallest absolute Gasteiger partial charge is 0.158 e. The van der Waals surface area contributed by atoms with Crippen molar-refractivity contribution in [1.82, 2.24) is 9.97 Å². The molecule has 17 heavy (non-hydrogen) atoms. The van der Waals surface area contributed by atoms with Crippen molar-refractivity contribution in [2.75, 3.05) is 24.7 Å². The van der Waals surface area contributed by atoms with Gasteiger partial charge in [0.25, 0.3) is 0 Å². The fourth-order valence-corrected chi connectivity index (χ4v) is 1.91. The van der Waals surface area contributed by atoms with Gasteiger partial charge in [-0.25, -0.2) is 9.97 Å². The molecule has 1 fully saturated rings. The van der Waals surface area contributed by atoms with Crippen LogP contribution in [0.4, 0.5) is 11.6 Å². The molecule has 0 amide bonds. The van der Waals surface area contributed by atoms with E-state index in [-0.39, 0.29) is 0 Å². The topological polar surface area (TPSA) is 73.1 Å². The van der Waals surface area contributed by atoms with Crippen molar-refractivity contribution in [2.45, 2.75) is 32.8 Å². The quantitative estimate of drug-likeness (QED) is 0.788. The molecule has 0 bridgehead atoms. The van der Waals surface area contributed by atoms with E-state index in [1.807, 2.05) is 0 Å². The van der Waals surface area contributed by atoms with Gasteiger partial charge >= 0.3 is 0 Å². The van der Waals surface area contributed by atoms with E-state index in [9.17, 15) is 0 Å². The van der Waals surface area contributed by atoms with Crippen LogP contribution in [0.25, 0.3) is 0 Å². The minimum absolute atomic E-state index is 0.388. The van der Waals surface area contributed by atoms with Gasteiger partial charge in [0.2, 0.25) is 0 Å². The van der Waals surface area contributed by atoms with E-state index in [1.165, 1.54) is 19.3 Å². The van der Waals surface area contributed by atoms with Crippen molar-refractivity contribution in [3.05, 3.63) is 11.9 Å². The number of hydrogen-bond acceptors (Lipinski definition) is 5. The lowest BCUT2D eigenvalue weighted by Crippen LogP contribution is -2.16. The number of nitrogens with two attached hydrogens (primary N) is 1. The van der Waals surface area contributed by atoms with Crippen molar-refractivity contribution >= 4 is 11.6 Å². The fourth-order valence-electron chi connectivity index (χ4n) is 1.91. The Morgan fingerprint density at radius 2 is 2.24 bits per heavy atom. The highest BCUT2D eigenvalue weighted by Crippen LogP contribution is 2.48. The van der Waals surface area contributed by atoms with E-state index in [1.54, 1.807) is 13.2 Å². The normalized spacial score (nSPS) is 16.8. The summed E-state index contributed by atoms with van der Waals surface area (Å²) in [4.78, 5) is 8.47. The molecule has 0 saturated heterocycles. The standard InChI is InChI=1S/C12H20N4O/c1-3-12(4-5-12)8-14-10-6-9(13)15-11(16-10)7-17-2/h6H,3-5,7-8H2,1-2H3,(H3,13,14,15,16). The maximum Gasteiger partial charge on any atom is 0.158 e. The fraction of sp³-hybridized carbons (Fsp3) is 0.667. The molecule has 1 saturated carbocycles. The molecule has 0 radical (unpaired) electrons. The van der Waals surface area contributed by atoms with Crippen LogP contribution >= 0.6 is 0 Å². The third-order valence-corrected chi connectivity index (χ3v) is 3.42. The minimum Gasteiger partial charge on any atom is -0.384 e. The number of aromatic nitrogens is 2. The zero-order valence-corrected chi connectivity index (χ0v) is 10.5. The first-order valence-electron chi connectivity index (χ1n) is 6.04. The molecule has 0 aromatic carbocycles. The van der Waals surface area contributed by atoms with Crippen LogP contribution in [0, 0.1) is 5.41 Å². The Balaban J connectivity index is 2.00. The molecule has 1 aliphatic rings. The first kappa shape index (κ1) is 12.1. The number of nitrogen functional groups attached to an aromatic ring is 1. The Bertz CT molecular complexity index is 390. The van der Waals surface area contributed by atoms with E-state index in [0.717, 1.165) is 12.4 Å². The van der Waals surface area contributed by atoms with Crippen molar-refractivity contribution in [1.29, 1.82) is 0 Å². The summed E-state index contributed by atoms with van der Waals surface area (Å²) in [5.41, 5.74) is 6.22. The van der Waals surface area contributed by atoms with Crippen molar-refractivity contribution in [3.63, 3.8) is 0 Å². The number of nitrogens with zero attached hydrogens (tertiary/aromatic N) is 2. The van der Waals surface area contributed by atoms with Gasteiger partial charge in [-0.05, 0) is 24.7 Å². The molecule has 3 N–H and O–H groups in total. The molecule has 0 spiro atoms. The predicted molar refractivity (Wildman–Crippen MR) is 67.6 cm³/mol. The van der Waals surface area contributed by atoms with Gasteiger partial charge < -0.3 is 15.8 Å². The second-order valence-electron chi connectivity index (χ2n) is 4.73. The first-order chi connectivity index (χ1) is 8.17. The van der Waals surface area contributed by atoms with Gasteiger partial charge in [-0.15, -0.1) is 0 Å². The molecule has 94 valence electrons. The van der Waals surface area contributed by atoms with E-state index in [4.69, 9.17) is 10.5 Å². The molecule has 2 rings (SSSR count). The molecule has 0 atom stereocenters. The van der Waals surface area contributed by atoms with E-state index in [0.29, 0.717) is 23.7 Å². The van der Waals surface area contributed by atoms with Crippen LogP contribution in [0.3, 0.4) is 0 Å². The number of ether oxygens (including phenoxy) is 1. The number of hydrogen-bond donors (Lipinski definition) is 2. The molecule has 5 heteroatoms. The third kappa shape index (κ3) is 3.06. The van der Waals surface area contributed by atoms with Gasteiger partial charge in [-0.1, -0.05) is 6.92 Å². The number of rotatable bonds is 6. The van der Waals surface area contributed by atoms with Crippen LogP contribution in [0.2, 0.25) is 0 Å². The lowest BCUT2D eigenvalue weighted by molar-refractivity contribution is 0.178. The molecule has 1 aliphatic carbocycles. The molecule has 1 heterocycles. The zero-order chi connectivity index (χ0) is 12.3. The summed E-state index contributed by atoms with van der Waals surface area (Å²) in [6.07, 6.45) is 3.83. The summed E-state index contributed by atoms with van der Waals surface area (Å²) >= 11 is 0. The molecular formula is C12H20N4O. The Kier molecular flexibility index (Phi) is 3.47. The van der Waals surface area contributed by atoms with Gasteiger partial charge in [-0.3, -0.25) is 0 Å². The minimum atomic E-state index is 0.388. The predicted octanol–water partition coefficient (Wildman–Crippen LogP) is 1.81. The molecule has 1 aromatic rings. The van der Waals surface area contributed by atoms with Crippen LogP contribution in [0.5, 0.6) is 0 Å². The lowest BCUT2D eigenvalue weighted by Gasteiger charge is -2.14. The molecule has 1 aromatic heterocycles. The zero-order valence-electron chi connectivity index (χ0n) is 10.5. The van der Waals surface area contributed by atoms with Crippen molar-refractivity contribution in [2.24, 2.45) is 5.41 Å². The molecular weight excluding hydrogens is 216 g/mol. The second-order valence-corrected chi connectivity index (χ2v) is 4.73. The highest BCUT2D eigenvalue weighted by atomic mass is 16.5. The highest BCUT2D eigenvalue weighted by molar-refractivity contribution is 5.44. The monoisotopic (exact) mass is 236 g/mol. The van der Waals surface area contributed by atoms with Gasteiger partial charge in [0.05, 0.1) is 0 Å². The average molecular weight is 236 g/mol. The first-order valence-corrected chi connectivity index (χ1v) is 6.04. The van der Waals surface area contributed by atoms with Crippen LogP contribution in [-0.4, -0.2) is 23.6 Å². The summed E-state index contributed by atoms with van der Waals surface area (Å²) in [6.45, 7) is 3.59. The Morgan fingerprint density at radius 1 is 1.47 bits per heavy atom. The largest absolute Gasteiger partial charge is 0.384 e. The van der Waals surface area contributed by atoms with E-state index < -0.39 is 0 Å². The Hall–Kier alpha value is -1.36. The van der Waals surface area contributed by atoms with E-state index >= 15 is 0 Å². The number of nitrogens with one attached hydrogen (secondary N) is 1. The Morgan fingerprint density at radius 3 is 2.82 bits per heavy atom. The van der Waals surface area contributed by atoms with E-state index in [2.05, 4.69) is 22.2 Å². The summed E-state index contributed by atoms with van der Waals surface area (Å²) in [5, 5.41) is 3.35. The van der Waals surface area contributed by atoms with Gasteiger partial charge in [0, 0.05) is 19.7 Å². The summed E-state index contributed by atoms with van der Waals surface area (Å²) in [5.74, 6) is 1.90. The van der Waals surface area contributed by atoms with Crippen molar-refractivity contribution < 1.29 is 4.74 Å². The summed E-state index contributed by atoms with van der Waals surface area (Å²) in [7, 11) is 1.62. The van der Waals surface area contributed by atoms with Crippen LogP contribution in [0.1, 0.15) is 32.0 Å². The highest BCUT2D eigenvalue weighted by Gasteiger charge is 2.40. The SMILES string of the molecule is CCC1(CNc2cc(N)nc(COC)n2)CC1. The number of anilines is 2. The molecule has 5 nitrogen and oxygen atoms in total. The third-order valence-electron chi connectivity index (χ3n) is 3.42. The summed E-state index contributed by atoms with van der Waals surface area (Å²) < 4.78 is 5.01. The van der Waals surface area contributed by atoms with Crippen LogP contribution in [0.15, 0.2) is 6.07 Å².